The van der Waals surface area contributed by atoms with E-state index in [9.17, 15) is 0 Å². The van der Waals surface area contributed by atoms with Crippen molar-refractivity contribution in [1.82, 2.24) is 4.98 Å². The third-order valence-corrected chi connectivity index (χ3v) is 6.35. The minimum atomic E-state index is 0.0321. The normalized spacial score (nSPS) is 12.9. The highest BCUT2D eigenvalue weighted by atomic mass is 35.5. The molecule has 3 nitrogen and oxygen atoms in total. The van der Waals surface area contributed by atoms with Gasteiger partial charge in [-0.3, -0.25) is 4.99 Å². The minimum absolute atomic E-state index is 0.0321. The number of fused-ring (bicyclic) bond motifs is 1. The van der Waals surface area contributed by atoms with E-state index in [0.29, 0.717) is 15.9 Å². The quantitative estimate of drug-likeness (QED) is 0.243. The fourth-order valence-electron chi connectivity index (χ4n) is 4.21. The van der Waals surface area contributed by atoms with Crippen LogP contribution in [0.3, 0.4) is 0 Å². The highest BCUT2D eigenvalue weighted by molar-refractivity contribution is 6.31. The molecular formula is C29H26Cl2N2O. The standard InChI is InChI=1S/C29H26Cl2N2O/c1-4-19(18-32-5-2)29(20-9-12-23(30)13-10-20)22-11-14-27-26(16-22)25(17-28(33-27)34-3)21-7-6-8-24(31)15-21/h5-18,29H,4H2,1-3H3/b19-18+,32-5?. The van der Waals surface area contributed by atoms with Crippen molar-refractivity contribution >= 4 is 40.3 Å². The molecule has 172 valence electrons. The van der Waals surface area contributed by atoms with Crippen molar-refractivity contribution in [1.29, 1.82) is 0 Å². The molecule has 0 amide bonds. The van der Waals surface area contributed by atoms with Gasteiger partial charge < -0.3 is 4.74 Å². The van der Waals surface area contributed by atoms with E-state index in [1.165, 1.54) is 5.57 Å². The van der Waals surface area contributed by atoms with Gasteiger partial charge in [0.05, 0.1) is 12.6 Å². The van der Waals surface area contributed by atoms with Crippen LogP contribution >= 0.6 is 23.2 Å². The summed E-state index contributed by atoms with van der Waals surface area (Å²) in [4.78, 5) is 9.13. The van der Waals surface area contributed by atoms with Crippen LogP contribution in [-0.4, -0.2) is 18.3 Å². The Labute approximate surface area is 210 Å². The van der Waals surface area contributed by atoms with Crippen LogP contribution < -0.4 is 4.74 Å². The number of aliphatic imine (C=N–C) groups is 1. The minimum Gasteiger partial charge on any atom is -0.481 e. The maximum Gasteiger partial charge on any atom is 0.214 e. The van der Waals surface area contributed by atoms with E-state index >= 15 is 0 Å². The highest BCUT2D eigenvalue weighted by Gasteiger charge is 2.20. The number of methoxy groups -OCH3 is 1. The van der Waals surface area contributed by atoms with E-state index in [1.807, 2.05) is 55.7 Å². The third kappa shape index (κ3) is 5.16. The van der Waals surface area contributed by atoms with E-state index in [-0.39, 0.29) is 5.92 Å². The van der Waals surface area contributed by atoms with Gasteiger partial charge in [0.1, 0.15) is 0 Å². The second-order valence-corrected chi connectivity index (χ2v) is 8.82. The van der Waals surface area contributed by atoms with Gasteiger partial charge in [-0.1, -0.05) is 60.5 Å². The fourth-order valence-corrected chi connectivity index (χ4v) is 4.53. The van der Waals surface area contributed by atoms with Crippen LogP contribution in [0.1, 0.15) is 37.3 Å². The van der Waals surface area contributed by atoms with Crippen molar-refractivity contribution in [3.8, 4) is 17.0 Å². The van der Waals surface area contributed by atoms with Crippen LogP contribution in [0.25, 0.3) is 22.0 Å². The van der Waals surface area contributed by atoms with E-state index in [2.05, 4.69) is 48.3 Å². The molecule has 0 saturated carbocycles. The molecule has 3 aromatic carbocycles. The van der Waals surface area contributed by atoms with Gasteiger partial charge in [0.2, 0.25) is 5.88 Å². The smallest absolute Gasteiger partial charge is 0.214 e. The van der Waals surface area contributed by atoms with Crippen LogP contribution in [0.5, 0.6) is 5.88 Å². The zero-order valence-corrected chi connectivity index (χ0v) is 20.9. The zero-order valence-electron chi connectivity index (χ0n) is 19.4. The molecule has 0 aliphatic rings. The van der Waals surface area contributed by atoms with Crippen molar-refractivity contribution in [2.24, 2.45) is 4.99 Å². The lowest BCUT2D eigenvalue weighted by Gasteiger charge is -2.22. The Bertz CT molecular complexity index is 1360. The number of benzene rings is 3. The van der Waals surface area contributed by atoms with Gasteiger partial charge >= 0.3 is 0 Å². The number of hydrogen-bond acceptors (Lipinski definition) is 3. The topological polar surface area (TPSA) is 34.5 Å². The van der Waals surface area contributed by atoms with Gasteiger partial charge in [0.15, 0.2) is 0 Å². The van der Waals surface area contributed by atoms with E-state index < -0.39 is 0 Å². The van der Waals surface area contributed by atoms with Crippen molar-refractivity contribution in [2.45, 2.75) is 26.2 Å². The second kappa shape index (κ2) is 10.9. The first kappa shape index (κ1) is 24.0. The highest BCUT2D eigenvalue weighted by Crippen LogP contribution is 2.38. The molecule has 34 heavy (non-hydrogen) atoms. The number of hydrogen-bond donors (Lipinski definition) is 0. The predicted octanol–water partition coefficient (Wildman–Crippen LogP) is 8.73. The summed E-state index contributed by atoms with van der Waals surface area (Å²) in [5.41, 5.74) is 6.43. The monoisotopic (exact) mass is 488 g/mol. The van der Waals surface area contributed by atoms with Gasteiger partial charge in [-0.05, 0) is 77.6 Å². The molecule has 1 unspecified atom stereocenters. The summed E-state index contributed by atoms with van der Waals surface area (Å²) in [5, 5.41) is 2.44. The molecule has 0 aliphatic carbocycles. The number of pyridine rings is 1. The van der Waals surface area contributed by atoms with E-state index in [4.69, 9.17) is 32.9 Å². The maximum atomic E-state index is 6.32. The Morgan fingerprint density at radius 3 is 2.41 bits per heavy atom. The van der Waals surface area contributed by atoms with Crippen molar-refractivity contribution in [3.05, 3.63) is 106 Å². The molecule has 0 aliphatic heterocycles. The molecule has 5 heteroatoms. The average molecular weight is 489 g/mol. The number of rotatable bonds is 7. The second-order valence-electron chi connectivity index (χ2n) is 7.95. The molecule has 0 saturated heterocycles. The third-order valence-electron chi connectivity index (χ3n) is 5.86. The summed E-state index contributed by atoms with van der Waals surface area (Å²) in [5.74, 6) is 0.598. The fraction of sp³-hybridized carbons (Fsp3) is 0.172. The Hall–Kier alpha value is -3.14. The molecule has 4 aromatic rings. The lowest BCUT2D eigenvalue weighted by molar-refractivity contribution is 0.400. The predicted molar refractivity (Wildman–Crippen MR) is 145 cm³/mol. The number of nitrogens with zero attached hydrogens (tertiary/aromatic N) is 2. The average Bonchev–Trinajstić information content (AvgIpc) is 2.86. The number of halogens is 2. The SMILES string of the molecule is CC=N/C=C(\CC)C(c1ccc(Cl)cc1)c1ccc2nc(OC)cc(-c3cccc(Cl)c3)c2c1. The van der Waals surface area contributed by atoms with Crippen LogP contribution in [0.15, 0.2) is 89.6 Å². The van der Waals surface area contributed by atoms with Crippen molar-refractivity contribution < 1.29 is 4.74 Å². The van der Waals surface area contributed by atoms with Gasteiger partial charge in [-0.25, -0.2) is 4.98 Å². The summed E-state index contributed by atoms with van der Waals surface area (Å²) in [6.07, 6.45) is 4.64. The lowest BCUT2D eigenvalue weighted by atomic mass is 9.83. The number of aromatic nitrogens is 1. The first-order valence-corrected chi connectivity index (χ1v) is 12.0. The van der Waals surface area contributed by atoms with E-state index in [1.54, 1.807) is 7.11 Å². The first-order chi connectivity index (χ1) is 16.5. The first-order valence-electron chi connectivity index (χ1n) is 11.2. The van der Waals surface area contributed by atoms with Crippen molar-refractivity contribution in [2.75, 3.05) is 7.11 Å². The molecule has 0 radical (unpaired) electrons. The largest absolute Gasteiger partial charge is 0.481 e. The molecule has 4 rings (SSSR count). The van der Waals surface area contributed by atoms with Crippen LogP contribution in [-0.2, 0) is 0 Å². The van der Waals surface area contributed by atoms with E-state index in [0.717, 1.165) is 39.6 Å². The van der Waals surface area contributed by atoms with Crippen LogP contribution in [0, 0.1) is 0 Å². The van der Waals surface area contributed by atoms with Gasteiger partial charge in [-0.15, -0.1) is 0 Å². The van der Waals surface area contributed by atoms with Crippen molar-refractivity contribution in [3.63, 3.8) is 0 Å². The molecule has 0 N–H and O–H groups in total. The Kier molecular flexibility index (Phi) is 7.66. The van der Waals surface area contributed by atoms with Crippen LogP contribution in [0.4, 0.5) is 0 Å². The Morgan fingerprint density at radius 2 is 1.74 bits per heavy atom. The molecule has 0 bridgehead atoms. The molecular weight excluding hydrogens is 463 g/mol. The molecule has 0 fully saturated rings. The summed E-state index contributed by atoms with van der Waals surface area (Å²) in [6, 6.07) is 24.3. The van der Waals surface area contributed by atoms with Crippen LogP contribution in [0.2, 0.25) is 10.0 Å². The zero-order chi connectivity index (χ0) is 24.1. The van der Waals surface area contributed by atoms with Gasteiger partial charge in [-0.2, -0.15) is 0 Å². The van der Waals surface area contributed by atoms with Gasteiger partial charge in [0, 0.05) is 39.8 Å². The Balaban J connectivity index is 1.97. The molecule has 1 heterocycles. The maximum absolute atomic E-state index is 6.32. The molecule has 0 spiro atoms. The van der Waals surface area contributed by atoms with Gasteiger partial charge in [0.25, 0.3) is 0 Å². The summed E-state index contributed by atoms with van der Waals surface area (Å²) in [6.45, 7) is 4.08. The summed E-state index contributed by atoms with van der Waals surface area (Å²) < 4.78 is 5.49. The Morgan fingerprint density at radius 1 is 0.971 bits per heavy atom. The molecule has 1 aromatic heterocycles. The number of ether oxygens (including phenoxy) is 1. The molecule has 1 atom stereocenters. The number of allylic oxidation sites excluding steroid dienone is 1. The summed E-state index contributed by atoms with van der Waals surface area (Å²) >= 11 is 12.5. The lowest BCUT2D eigenvalue weighted by Crippen LogP contribution is -2.05. The summed E-state index contributed by atoms with van der Waals surface area (Å²) in [7, 11) is 1.63.